The van der Waals surface area contributed by atoms with Crippen LogP contribution >= 0.6 is 0 Å². The number of hydrogen-bond acceptors (Lipinski definition) is 5. The number of rotatable bonds is 4. The van der Waals surface area contributed by atoms with Crippen molar-refractivity contribution >= 4 is 28.8 Å². The van der Waals surface area contributed by atoms with E-state index in [1.807, 2.05) is 6.07 Å². The third-order valence-electron chi connectivity index (χ3n) is 6.22. The predicted octanol–water partition coefficient (Wildman–Crippen LogP) is 3.31. The van der Waals surface area contributed by atoms with E-state index in [9.17, 15) is 23.2 Å². The minimum atomic E-state index is -2.84. The molecule has 1 aliphatic heterocycles. The number of H-pyrrole nitrogens is 1. The summed E-state index contributed by atoms with van der Waals surface area (Å²) in [6, 6.07) is 7.82. The number of alkyl halides is 2. The first-order valence-corrected chi connectivity index (χ1v) is 10.2. The molecule has 3 amide bonds. The molecule has 8 nitrogen and oxygen atoms in total. The van der Waals surface area contributed by atoms with Crippen LogP contribution < -0.4 is 5.32 Å². The molecule has 0 bridgehead atoms. The molecule has 2 aliphatic rings. The Labute approximate surface area is 181 Å². The average molecular weight is 439 g/mol. The van der Waals surface area contributed by atoms with E-state index in [0.717, 1.165) is 15.8 Å². The van der Waals surface area contributed by atoms with Gasteiger partial charge in [0.2, 0.25) is 5.92 Å². The number of nitrogens with one attached hydrogen (secondary N) is 2. The first-order chi connectivity index (χ1) is 15.3. The van der Waals surface area contributed by atoms with E-state index in [-0.39, 0.29) is 12.8 Å². The Morgan fingerprint density at radius 1 is 1.03 bits per heavy atom. The van der Waals surface area contributed by atoms with Crippen molar-refractivity contribution in [2.24, 2.45) is 0 Å². The van der Waals surface area contributed by atoms with E-state index in [1.165, 1.54) is 6.33 Å². The van der Waals surface area contributed by atoms with Crippen LogP contribution in [0, 0.1) is 0 Å². The highest BCUT2D eigenvalue weighted by atomic mass is 19.3. The molecule has 1 spiro atoms. The normalized spacial score (nSPS) is 19.5. The van der Waals surface area contributed by atoms with Gasteiger partial charge in [0, 0.05) is 35.6 Å². The van der Waals surface area contributed by atoms with Crippen LogP contribution in [0.5, 0.6) is 0 Å². The topological polar surface area (TPSA) is 108 Å². The zero-order valence-corrected chi connectivity index (χ0v) is 16.9. The van der Waals surface area contributed by atoms with Gasteiger partial charge in [0.1, 0.15) is 17.5 Å². The van der Waals surface area contributed by atoms with Crippen molar-refractivity contribution in [3.05, 3.63) is 48.4 Å². The van der Waals surface area contributed by atoms with Crippen LogP contribution in [0.15, 0.2) is 42.9 Å². The molecule has 3 aromatic rings. The van der Waals surface area contributed by atoms with Gasteiger partial charge in [-0.15, -0.1) is 0 Å². The Morgan fingerprint density at radius 2 is 1.75 bits per heavy atom. The summed E-state index contributed by atoms with van der Waals surface area (Å²) in [5.41, 5.74) is 1.18. The molecular weight excluding hydrogens is 420 g/mol. The fourth-order valence-electron chi connectivity index (χ4n) is 4.35. The number of Topliss-reactive ketones (excluding diaryl/α,β-unsaturated/α-hetero) is 1. The molecular formula is C22H19F2N5O3. The van der Waals surface area contributed by atoms with Crippen molar-refractivity contribution in [3.63, 3.8) is 0 Å². The van der Waals surface area contributed by atoms with Gasteiger partial charge in [-0.25, -0.2) is 23.5 Å². The molecule has 2 fully saturated rings. The lowest BCUT2D eigenvalue weighted by molar-refractivity contribution is -0.135. The third kappa shape index (κ3) is 3.31. The van der Waals surface area contributed by atoms with E-state index >= 15 is 0 Å². The lowest BCUT2D eigenvalue weighted by Gasteiger charge is -2.34. The smallest absolute Gasteiger partial charge is 0.325 e. The molecule has 1 aliphatic carbocycles. The predicted molar refractivity (Wildman–Crippen MR) is 110 cm³/mol. The molecule has 2 N–H and O–H groups in total. The van der Waals surface area contributed by atoms with Crippen molar-refractivity contribution in [1.82, 2.24) is 25.2 Å². The number of carbonyl (C=O) groups is 3. The van der Waals surface area contributed by atoms with Crippen LogP contribution in [0.25, 0.3) is 22.3 Å². The first-order valence-electron chi connectivity index (χ1n) is 10.2. The lowest BCUT2D eigenvalue weighted by atomic mass is 9.80. The van der Waals surface area contributed by atoms with Crippen molar-refractivity contribution in [2.45, 2.75) is 37.1 Å². The van der Waals surface area contributed by atoms with Crippen LogP contribution in [0.2, 0.25) is 0 Å². The highest BCUT2D eigenvalue weighted by Gasteiger charge is 2.55. The maximum Gasteiger partial charge on any atom is 0.325 e. The van der Waals surface area contributed by atoms with Gasteiger partial charge in [0.05, 0.1) is 12.2 Å². The van der Waals surface area contributed by atoms with Gasteiger partial charge in [-0.1, -0.05) is 24.3 Å². The molecule has 32 heavy (non-hydrogen) atoms. The second-order valence-electron chi connectivity index (χ2n) is 8.22. The van der Waals surface area contributed by atoms with Gasteiger partial charge < -0.3 is 10.3 Å². The fourth-order valence-corrected chi connectivity index (χ4v) is 4.35. The van der Waals surface area contributed by atoms with Crippen molar-refractivity contribution in [1.29, 1.82) is 0 Å². The largest absolute Gasteiger partial charge is 0.346 e. The SMILES string of the molecule is O=C(CN1C(=O)NC2(CCC(F)(F)CC2)C1=O)c1ccc(-c2ncnc3[nH]ccc23)cc1. The second-order valence-corrected chi connectivity index (χ2v) is 8.22. The summed E-state index contributed by atoms with van der Waals surface area (Å²) >= 11 is 0. The Bertz CT molecular complexity index is 1230. The van der Waals surface area contributed by atoms with Crippen molar-refractivity contribution < 1.29 is 23.2 Å². The number of hydrogen-bond donors (Lipinski definition) is 2. The fraction of sp³-hybridized carbons (Fsp3) is 0.318. The van der Waals surface area contributed by atoms with Crippen LogP contribution in [0.4, 0.5) is 13.6 Å². The van der Waals surface area contributed by atoms with E-state index in [2.05, 4.69) is 20.3 Å². The average Bonchev–Trinajstić information content (AvgIpc) is 3.35. The molecule has 1 aromatic carbocycles. The number of ketones is 1. The van der Waals surface area contributed by atoms with Crippen LogP contribution in [0.3, 0.4) is 0 Å². The van der Waals surface area contributed by atoms with E-state index in [4.69, 9.17) is 0 Å². The van der Waals surface area contributed by atoms with E-state index in [1.54, 1.807) is 30.5 Å². The van der Waals surface area contributed by atoms with Gasteiger partial charge in [0.25, 0.3) is 5.91 Å². The molecule has 1 saturated heterocycles. The Hall–Kier alpha value is -3.69. The number of benzene rings is 1. The molecule has 5 rings (SSSR count). The number of fused-ring (bicyclic) bond motifs is 1. The van der Waals surface area contributed by atoms with Gasteiger partial charge in [-0.2, -0.15) is 0 Å². The number of urea groups is 1. The minimum Gasteiger partial charge on any atom is -0.346 e. The number of aromatic amines is 1. The quantitative estimate of drug-likeness (QED) is 0.479. The van der Waals surface area contributed by atoms with Crippen LogP contribution in [-0.2, 0) is 4.79 Å². The highest BCUT2D eigenvalue weighted by molar-refractivity contribution is 6.11. The first kappa shape index (κ1) is 20.2. The second kappa shape index (κ2) is 7.18. The number of carbonyl (C=O) groups excluding carboxylic acids is 3. The number of imide groups is 1. The Kier molecular flexibility index (Phi) is 4.54. The molecule has 0 atom stereocenters. The van der Waals surface area contributed by atoms with Crippen molar-refractivity contribution in [2.75, 3.05) is 6.54 Å². The molecule has 1 saturated carbocycles. The summed E-state index contributed by atoms with van der Waals surface area (Å²) in [5.74, 6) is -3.87. The maximum atomic E-state index is 13.5. The van der Waals surface area contributed by atoms with Gasteiger partial charge in [0.15, 0.2) is 5.78 Å². The Balaban J connectivity index is 1.32. The lowest BCUT2D eigenvalue weighted by Crippen LogP contribution is -2.51. The van der Waals surface area contributed by atoms with Crippen LogP contribution in [0.1, 0.15) is 36.0 Å². The standard InChI is InChI=1S/C22H19F2N5O3/c23-22(24)8-6-21(7-9-22)19(31)29(20(32)28-21)11-16(30)13-1-3-14(4-2-13)17-15-5-10-25-18(15)27-12-26-17/h1-5,10,12H,6-9,11H2,(H,28,32)(H,25,26,27). The van der Waals surface area contributed by atoms with E-state index in [0.29, 0.717) is 16.9 Å². The molecule has 0 unspecified atom stereocenters. The van der Waals surface area contributed by atoms with Crippen LogP contribution in [-0.4, -0.2) is 55.6 Å². The monoisotopic (exact) mass is 439 g/mol. The molecule has 0 radical (unpaired) electrons. The highest BCUT2D eigenvalue weighted by Crippen LogP contribution is 2.41. The van der Waals surface area contributed by atoms with Gasteiger partial charge in [-0.05, 0) is 18.9 Å². The summed E-state index contributed by atoms with van der Waals surface area (Å²) in [4.78, 5) is 50.3. The number of aromatic nitrogens is 3. The Morgan fingerprint density at radius 3 is 2.47 bits per heavy atom. The number of halogens is 2. The van der Waals surface area contributed by atoms with Gasteiger partial charge >= 0.3 is 6.03 Å². The van der Waals surface area contributed by atoms with E-state index < -0.39 is 48.6 Å². The maximum absolute atomic E-state index is 13.5. The molecule has 164 valence electrons. The summed E-state index contributed by atoms with van der Waals surface area (Å²) in [6.45, 7) is -0.447. The van der Waals surface area contributed by atoms with Crippen molar-refractivity contribution in [3.8, 4) is 11.3 Å². The van der Waals surface area contributed by atoms with Gasteiger partial charge in [-0.3, -0.25) is 14.5 Å². The zero-order chi connectivity index (χ0) is 22.5. The molecule has 3 heterocycles. The third-order valence-corrected chi connectivity index (χ3v) is 6.22. The summed E-state index contributed by atoms with van der Waals surface area (Å²) < 4.78 is 27.0. The molecule has 2 aromatic heterocycles. The summed E-state index contributed by atoms with van der Waals surface area (Å²) in [6.07, 6.45) is 1.98. The zero-order valence-electron chi connectivity index (χ0n) is 16.9. The summed E-state index contributed by atoms with van der Waals surface area (Å²) in [7, 11) is 0. The number of amides is 3. The molecule has 10 heteroatoms. The minimum absolute atomic E-state index is 0.142. The number of nitrogens with zero attached hydrogens (tertiary/aromatic N) is 3. The summed E-state index contributed by atoms with van der Waals surface area (Å²) in [5, 5.41) is 3.39.